The second-order valence-electron chi connectivity index (χ2n) is 2.19. The summed E-state index contributed by atoms with van der Waals surface area (Å²) in [6, 6.07) is 2.76. The highest BCUT2D eigenvalue weighted by Crippen LogP contribution is 2.22. The fourth-order valence-electron chi connectivity index (χ4n) is 0.862. The van der Waals surface area contributed by atoms with E-state index in [1.807, 2.05) is 0 Å². The van der Waals surface area contributed by atoms with E-state index in [1.165, 1.54) is 25.3 Å². The van der Waals surface area contributed by atoms with Crippen LogP contribution >= 0.6 is 0 Å². The van der Waals surface area contributed by atoms with E-state index in [4.69, 9.17) is 0 Å². The minimum Gasteiger partial charge on any atom is -0.494 e. The smallest absolute Gasteiger partial charge is 0.201 e. The molecule has 0 fully saturated rings. The number of hydrogen-bond acceptors (Lipinski definition) is 1. The lowest BCUT2D eigenvalue weighted by Gasteiger charge is -2.03. The van der Waals surface area contributed by atoms with Crippen molar-refractivity contribution in [3.63, 3.8) is 0 Å². The number of rotatable bonds is 2. The predicted octanol–water partition coefficient (Wildman–Crippen LogP) is 2.62. The highest BCUT2D eigenvalue weighted by molar-refractivity contribution is 5.50. The van der Waals surface area contributed by atoms with Gasteiger partial charge in [-0.2, -0.15) is 4.39 Å². The molecule has 1 nitrogen and oxygen atoms in total. The first-order valence-corrected chi connectivity index (χ1v) is 3.35. The van der Waals surface area contributed by atoms with Gasteiger partial charge in [0, 0.05) is 5.56 Å². The predicted molar refractivity (Wildman–Crippen MR) is 43.0 cm³/mol. The Morgan fingerprint density at radius 2 is 2.00 bits per heavy atom. The first-order valence-electron chi connectivity index (χ1n) is 3.35. The molecule has 0 aliphatic heterocycles. The highest BCUT2D eigenvalue weighted by Gasteiger charge is 2.11. The third kappa shape index (κ3) is 1.30. The Morgan fingerprint density at radius 1 is 1.33 bits per heavy atom. The van der Waals surface area contributed by atoms with Crippen molar-refractivity contribution < 1.29 is 13.5 Å². The van der Waals surface area contributed by atoms with Crippen LogP contribution in [0.4, 0.5) is 8.78 Å². The van der Waals surface area contributed by atoms with Crippen LogP contribution in [0.1, 0.15) is 5.56 Å². The molecule has 0 saturated carbocycles. The maximum Gasteiger partial charge on any atom is 0.201 e. The maximum atomic E-state index is 12.9. The Labute approximate surface area is 69.3 Å². The van der Waals surface area contributed by atoms with Gasteiger partial charge in [0.1, 0.15) is 0 Å². The lowest BCUT2D eigenvalue weighted by molar-refractivity contribution is 0.371. The largest absolute Gasteiger partial charge is 0.494 e. The summed E-state index contributed by atoms with van der Waals surface area (Å²) in [5, 5.41) is 0. The first kappa shape index (κ1) is 8.71. The molecule has 0 radical (unpaired) electrons. The van der Waals surface area contributed by atoms with Gasteiger partial charge in [-0.25, -0.2) is 4.39 Å². The average molecular weight is 170 g/mol. The standard InChI is InChI=1S/C9H8F2O/c1-3-6-4-5-7(12-2)9(11)8(6)10/h3-5H,1H2,2H3. The van der Waals surface area contributed by atoms with Crippen LogP contribution in [0.5, 0.6) is 5.75 Å². The summed E-state index contributed by atoms with van der Waals surface area (Å²) in [7, 11) is 1.28. The molecule has 64 valence electrons. The normalized spacial score (nSPS) is 9.58. The molecule has 1 aromatic carbocycles. The summed E-state index contributed by atoms with van der Waals surface area (Å²) >= 11 is 0. The van der Waals surface area contributed by atoms with Crippen molar-refractivity contribution in [2.75, 3.05) is 7.11 Å². The summed E-state index contributed by atoms with van der Waals surface area (Å²) in [4.78, 5) is 0. The van der Waals surface area contributed by atoms with Crippen molar-refractivity contribution in [2.45, 2.75) is 0 Å². The molecule has 12 heavy (non-hydrogen) atoms. The highest BCUT2D eigenvalue weighted by atomic mass is 19.2. The molecule has 0 amide bonds. The van der Waals surface area contributed by atoms with Crippen molar-refractivity contribution in [1.29, 1.82) is 0 Å². The molecule has 0 atom stereocenters. The van der Waals surface area contributed by atoms with E-state index in [9.17, 15) is 8.78 Å². The van der Waals surface area contributed by atoms with Gasteiger partial charge in [-0.15, -0.1) is 0 Å². The minimum absolute atomic E-state index is 0.0990. The van der Waals surface area contributed by atoms with Crippen molar-refractivity contribution in [3.8, 4) is 5.75 Å². The van der Waals surface area contributed by atoms with E-state index >= 15 is 0 Å². The van der Waals surface area contributed by atoms with E-state index in [0.717, 1.165) is 0 Å². The van der Waals surface area contributed by atoms with Crippen LogP contribution in [0.3, 0.4) is 0 Å². The molecule has 0 aliphatic carbocycles. The van der Waals surface area contributed by atoms with Gasteiger partial charge in [-0.05, 0) is 12.1 Å². The minimum atomic E-state index is -0.977. The molecule has 0 heterocycles. The molecular formula is C9H8F2O. The van der Waals surface area contributed by atoms with Crippen LogP contribution in [0, 0.1) is 11.6 Å². The Balaban J connectivity index is 3.29. The summed E-state index contributed by atoms with van der Waals surface area (Å²) < 4.78 is 30.4. The van der Waals surface area contributed by atoms with E-state index in [2.05, 4.69) is 11.3 Å². The Hall–Kier alpha value is -1.38. The molecule has 0 N–H and O–H groups in total. The second-order valence-corrected chi connectivity index (χ2v) is 2.19. The van der Waals surface area contributed by atoms with Gasteiger partial charge in [0.25, 0.3) is 0 Å². The number of benzene rings is 1. The molecule has 0 spiro atoms. The van der Waals surface area contributed by atoms with Crippen LogP contribution in [0.25, 0.3) is 6.08 Å². The van der Waals surface area contributed by atoms with E-state index in [-0.39, 0.29) is 11.3 Å². The Morgan fingerprint density at radius 3 is 2.50 bits per heavy atom. The molecule has 0 bridgehead atoms. The van der Waals surface area contributed by atoms with Gasteiger partial charge in [0.2, 0.25) is 5.82 Å². The Bertz CT molecular complexity index is 308. The molecule has 0 aromatic heterocycles. The van der Waals surface area contributed by atoms with Gasteiger partial charge in [0.05, 0.1) is 7.11 Å². The van der Waals surface area contributed by atoms with Crippen LogP contribution in [0.15, 0.2) is 18.7 Å². The zero-order valence-corrected chi connectivity index (χ0v) is 6.60. The SMILES string of the molecule is C=Cc1ccc(OC)c(F)c1F. The fourth-order valence-corrected chi connectivity index (χ4v) is 0.862. The van der Waals surface area contributed by atoms with Crippen LogP contribution < -0.4 is 4.74 Å². The number of ether oxygens (including phenoxy) is 1. The average Bonchev–Trinajstić information content (AvgIpc) is 2.10. The lowest BCUT2D eigenvalue weighted by atomic mass is 10.2. The summed E-state index contributed by atoms with van der Waals surface area (Å²) in [5.74, 6) is -2.00. The summed E-state index contributed by atoms with van der Waals surface area (Å²) in [6.07, 6.45) is 1.25. The van der Waals surface area contributed by atoms with Gasteiger partial charge in [-0.3, -0.25) is 0 Å². The Kier molecular flexibility index (Phi) is 2.43. The maximum absolute atomic E-state index is 12.9. The zero-order chi connectivity index (χ0) is 9.14. The van der Waals surface area contributed by atoms with E-state index in [1.54, 1.807) is 0 Å². The van der Waals surface area contributed by atoms with E-state index < -0.39 is 11.6 Å². The first-order chi connectivity index (χ1) is 5.70. The third-order valence-corrected chi connectivity index (χ3v) is 1.52. The number of methoxy groups -OCH3 is 1. The quantitative estimate of drug-likeness (QED) is 0.662. The van der Waals surface area contributed by atoms with Crippen LogP contribution in [-0.4, -0.2) is 7.11 Å². The lowest BCUT2D eigenvalue weighted by Crippen LogP contribution is -1.93. The van der Waals surface area contributed by atoms with E-state index in [0.29, 0.717) is 0 Å². The molecule has 1 aromatic rings. The molecular weight excluding hydrogens is 162 g/mol. The van der Waals surface area contributed by atoms with Crippen LogP contribution in [-0.2, 0) is 0 Å². The molecule has 0 unspecified atom stereocenters. The molecule has 3 heteroatoms. The van der Waals surface area contributed by atoms with Crippen LogP contribution in [0.2, 0.25) is 0 Å². The van der Waals surface area contributed by atoms with Gasteiger partial charge < -0.3 is 4.74 Å². The fraction of sp³-hybridized carbons (Fsp3) is 0.111. The van der Waals surface area contributed by atoms with Gasteiger partial charge >= 0.3 is 0 Å². The topological polar surface area (TPSA) is 9.23 Å². The van der Waals surface area contributed by atoms with Gasteiger partial charge in [0.15, 0.2) is 11.6 Å². The molecule has 1 rings (SSSR count). The second kappa shape index (κ2) is 3.34. The van der Waals surface area contributed by atoms with Crippen molar-refractivity contribution in [2.24, 2.45) is 0 Å². The van der Waals surface area contributed by atoms with Gasteiger partial charge in [-0.1, -0.05) is 12.7 Å². The summed E-state index contributed by atoms with van der Waals surface area (Å²) in [6.45, 7) is 3.34. The van der Waals surface area contributed by atoms with Crippen molar-refractivity contribution in [1.82, 2.24) is 0 Å². The number of halogens is 2. The monoisotopic (exact) mass is 170 g/mol. The third-order valence-electron chi connectivity index (χ3n) is 1.52. The van der Waals surface area contributed by atoms with Crippen molar-refractivity contribution in [3.05, 3.63) is 35.9 Å². The number of hydrogen-bond donors (Lipinski definition) is 0. The molecule has 0 aliphatic rings. The van der Waals surface area contributed by atoms with Crippen molar-refractivity contribution >= 4 is 6.08 Å². The molecule has 0 saturated heterocycles. The summed E-state index contributed by atoms with van der Waals surface area (Å²) in [5.41, 5.74) is 0.133. The zero-order valence-electron chi connectivity index (χ0n) is 6.60.